The molecule has 1 spiro atoms. The van der Waals surface area contributed by atoms with Crippen molar-refractivity contribution in [1.82, 2.24) is 9.80 Å². The van der Waals surface area contributed by atoms with Gasteiger partial charge in [-0.15, -0.1) is 0 Å². The van der Waals surface area contributed by atoms with Crippen molar-refractivity contribution < 1.29 is 9.90 Å². The van der Waals surface area contributed by atoms with Crippen LogP contribution in [0.5, 0.6) is 0 Å². The molecule has 2 aliphatic rings. The predicted molar refractivity (Wildman–Crippen MR) is 62.6 cm³/mol. The van der Waals surface area contributed by atoms with E-state index in [4.69, 9.17) is 5.11 Å². The predicted octanol–water partition coefficient (Wildman–Crippen LogP) is 2.00. The molecule has 2 saturated heterocycles. The van der Waals surface area contributed by atoms with Crippen LogP contribution in [-0.4, -0.2) is 51.7 Å². The Labute approximate surface area is 97.2 Å². The fourth-order valence-electron chi connectivity index (χ4n) is 3.29. The van der Waals surface area contributed by atoms with Crippen molar-refractivity contribution >= 4 is 6.09 Å². The van der Waals surface area contributed by atoms with E-state index in [-0.39, 0.29) is 11.1 Å². The first-order chi connectivity index (χ1) is 7.35. The second kappa shape index (κ2) is 3.62. The Hall–Kier alpha value is -0.770. The van der Waals surface area contributed by atoms with Gasteiger partial charge in [-0.25, -0.2) is 4.79 Å². The number of likely N-dealkylation sites (tertiary alicyclic amines) is 2. The Balaban J connectivity index is 2.11. The molecule has 1 amide bonds. The number of carboxylic acid groups (broad SMARTS) is 1. The maximum absolute atomic E-state index is 11.0. The SMILES string of the molecule is CC(C)(C)N1CCC12CCCN(C(=O)O)C2. The molecule has 4 heteroatoms. The molecule has 2 aliphatic heterocycles. The molecule has 1 N–H and O–H groups in total. The highest BCUT2D eigenvalue weighted by molar-refractivity contribution is 5.65. The quantitative estimate of drug-likeness (QED) is 0.687. The number of rotatable bonds is 0. The third-order valence-corrected chi connectivity index (χ3v) is 4.01. The van der Waals surface area contributed by atoms with E-state index in [1.165, 1.54) is 0 Å². The van der Waals surface area contributed by atoms with Gasteiger partial charge < -0.3 is 10.0 Å². The van der Waals surface area contributed by atoms with Gasteiger partial charge >= 0.3 is 6.09 Å². The number of nitrogens with zero attached hydrogens (tertiary/aromatic N) is 2. The van der Waals surface area contributed by atoms with Crippen molar-refractivity contribution in [3.63, 3.8) is 0 Å². The zero-order valence-corrected chi connectivity index (χ0v) is 10.5. The van der Waals surface area contributed by atoms with E-state index >= 15 is 0 Å². The van der Waals surface area contributed by atoms with Crippen LogP contribution in [0.2, 0.25) is 0 Å². The smallest absolute Gasteiger partial charge is 0.407 e. The summed E-state index contributed by atoms with van der Waals surface area (Å²) >= 11 is 0. The Morgan fingerprint density at radius 2 is 1.94 bits per heavy atom. The third-order valence-electron chi connectivity index (χ3n) is 4.01. The summed E-state index contributed by atoms with van der Waals surface area (Å²) in [6, 6.07) is 0. The van der Waals surface area contributed by atoms with Crippen LogP contribution in [0.25, 0.3) is 0 Å². The highest BCUT2D eigenvalue weighted by Crippen LogP contribution is 2.42. The number of carbonyl (C=O) groups is 1. The minimum atomic E-state index is -0.764. The molecule has 2 heterocycles. The lowest BCUT2D eigenvalue weighted by Gasteiger charge is -2.61. The standard InChI is InChI=1S/C12H22N2O2/c1-11(2,3)14-8-6-12(14)5-4-7-13(9-12)10(15)16/h4-9H2,1-3H3,(H,15,16). The Kier molecular flexibility index (Phi) is 2.65. The summed E-state index contributed by atoms with van der Waals surface area (Å²) in [4.78, 5) is 15.1. The fourth-order valence-corrected chi connectivity index (χ4v) is 3.29. The second-order valence-corrected chi connectivity index (χ2v) is 6.10. The summed E-state index contributed by atoms with van der Waals surface area (Å²) in [6.45, 7) is 9.15. The van der Waals surface area contributed by atoms with Crippen LogP contribution in [0.3, 0.4) is 0 Å². The number of amides is 1. The van der Waals surface area contributed by atoms with Gasteiger partial charge in [0.1, 0.15) is 0 Å². The molecule has 0 bridgehead atoms. The van der Waals surface area contributed by atoms with Gasteiger partial charge in [-0.2, -0.15) is 0 Å². The summed E-state index contributed by atoms with van der Waals surface area (Å²) in [7, 11) is 0. The first-order valence-electron chi connectivity index (χ1n) is 6.11. The van der Waals surface area contributed by atoms with Crippen molar-refractivity contribution in [3.8, 4) is 0 Å². The molecule has 0 saturated carbocycles. The van der Waals surface area contributed by atoms with Crippen LogP contribution < -0.4 is 0 Å². The van der Waals surface area contributed by atoms with E-state index in [0.717, 1.165) is 25.8 Å². The molecule has 1 unspecified atom stereocenters. The zero-order chi connectivity index (χ0) is 12.0. The highest BCUT2D eigenvalue weighted by Gasteiger charge is 2.51. The van der Waals surface area contributed by atoms with Gasteiger partial charge in [0.15, 0.2) is 0 Å². The van der Waals surface area contributed by atoms with Gasteiger partial charge in [0.2, 0.25) is 0 Å². The molecule has 92 valence electrons. The number of piperidine rings is 1. The van der Waals surface area contributed by atoms with Crippen molar-refractivity contribution in [2.24, 2.45) is 0 Å². The van der Waals surface area contributed by atoms with Crippen molar-refractivity contribution in [1.29, 1.82) is 0 Å². The molecule has 0 aromatic heterocycles. The molecule has 4 nitrogen and oxygen atoms in total. The minimum absolute atomic E-state index is 0.134. The third kappa shape index (κ3) is 1.79. The molecule has 1 atom stereocenters. The lowest BCUT2D eigenvalue weighted by atomic mass is 9.74. The van der Waals surface area contributed by atoms with Crippen LogP contribution in [0.15, 0.2) is 0 Å². The molecule has 2 rings (SSSR count). The highest BCUT2D eigenvalue weighted by atomic mass is 16.4. The first kappa shape index (κ1) is 11.7. The molecule has 0 aliphatic carbocycles. The van der Waals surface area contributed by atoms with E-state index in [2.05, 4.69) is 25.7 Å². The maximum Gasteiger partial charge on any atom is 0.407 e. The monoisotopic (exact) mass is 226 g/mol. The lowest BCUT2D eigenvalue weighted by Crippen LogP contribution is -2.71. The van der Waals surface area contributed by atoms with Gasteiger partial charge in [0, 0.05) is 30.7 Å². The second-order valence-electron chi connectivity index (χ2n) is 6.10. The van der Waals surface area contributed by atoms with Crippen molar-refractivity contribution in [3.05, 3.63) is 0 Å². The van der Waals surface area contributed by atoms with E-state index in [1.807, 2.05) is 0 Å². The van der Waals surface area contributed by atoms with E-state index in [9.17, 15) is 4.79 Å². The summed E-state index contributed by atoms with van der Waals surface area (Å²) in [5.41, 5.74) is 0.286. The van der Waals surface area contributed by atoms with Crippen LogP contribution in [-0.2, 0) is 0 Å². The molecule has 0 radical (unpaired) electrons. The van der Waals surface area contributed by atoms with Crippen molar-refractivity contribution in [2.75, 3.05) is 19.6 Å². The molecule has 2 fully saturated rings. The first-order valence-corrected chi connectivity index (χ1v) is 6.11. The van der Waals surface area contributed by atoms with Gasteiger partial charge in [0.25, 0.3) is 0 Å². The van der Waals surface area contributed by atoms with E-state index in [1.54, 1.807) is 4.90 Å². The van der Waals surface area contributed by atoms with E-state index in [0.29, 0.717) is 13.1 Å². The zero-order valence-electron chi connectivity index (χ0n) is 10.5. The summed E-state index contributed by atoms with van der Waals surface area (Å²) in [5.74, 6) is 0. The Morgan fingerprint density at radius 3 is 2.38 bits per heavy atom. The summed E-state index contributed by atoms with van der Waals surface area (Å²) in [5, 5.41) is 9.09. The van der Waals surface area contributed by atoms with Gasteiger partial charge in [-0.05, 0) is 40.0 Å². The lowest BCUT2D eigenvalue weighted by molar-refractivity contribution is -0.111. The summed E-state index contributed by atoms with van der Waals surface area (Å²) in [6.07, 6.45) is 2.53. The largest absolute Gasteiger partial charge is 0.465 e. The maximum atomic E-state index is 11.0. The van der Waals surface area contributed by atoms with Crippen LogP contribution in [0.1, 0.15) is 40.0 Å². The number of hydrogen-bond acceptors (Lipinski definition) is 2. The molecule has 0 aromatic rings. The Bertz CT molecular complexity index is 298. The van der Waals surface area contributed by atoms with Gasteiger partial charge in [-0.1, -0.05) is 0 Å². The number of hydrogen-bond donors (Lipinski definition) is 1. The van der Waals surface area contributed by atoms with Gasteiger partial charge in [-0.3, -0.25) is 4.90 Å². The van der Waals surface area contributed by atoms with Crippen LogP contribution in [0, 0.1) is 0 Å². The summed E-state index contributed by atoms with van der Waals surface area (Å²) < 4.78 is 0. The normalized spacial score (nSPS) is 31.6. The van der Waals surface area contributed by atoms with Crippen LogP contribution >= 0.6 is 0 Å². The molecular weight excluding hydrogens is 204 g/mol. The molecular formula is C12H22N2O2. The van der Waals surface area contributed by atoms with Gasteiger partial charge in [0.05, 0.1) is 0 Å². The molecule has 0 aromatic carbocycles. The van der Waals surface area contributed by atoms with E-state index < -0.39 is 6.09 Å². The van der Waals surface area contributed by atoms with Crippen LogP contribution in [0.4, 0.5) is 4.79 Å². The molecule has 16 heavy (non-hydrogen) atoms. The minimum Gasteiger partial charge on any atom is -0.465 e. The fraction of sp³-hybridized carbons (Fsp3) is 0.917. The van der Waals surface area contributed by atoms with Crippen molar-refractivity contribution in [2.45, 2.75) is 51.1 Å². The average Bonchev–Trinajstić information content (AvgIpc) is 2.13. The average molecular weight is 226 g/mol. The topological polar surface area (TPSA) is 43.8 Å². The Morgan fingerprint density at radius 1 is 1.25 bits per heavy atom.